The Bertz CT molecular complexity index is 397. The molecule has 0 saturated heterocycles. The van der Waals surface area contributed by atoms with Crippen molar-refractivity contribution >= 4 is 16.0 Å². The summed E-state index contributed by atoms with van der Waals surface area (Å²) in [5, 5.41) is 8.94. The molecule has 0 heterocycles. The number of carbonyl (C=O) groups is 1. The molecule has 6 nitrogen and oxygen atoms in total. The van der Waals surface area contributed by atoms with E-state index in [2.05, 4.69) is 6.92 Å². The predicted octanol–water partition coefficient (Wildman–Crippen LogP) is 2.62. The highest BCUT2D eigenvalue weighted by molar-refractivity contribution is 7.85. The lowest BCUT2D eigenvalue weighted by molar-refractivity contribution is -0.131. The molecule has 7 heteroatoms. The summed E-state index contributed by atoms with van der Waals surface area (Å²) in [6.45, 7) is 2.02. The molecule has 0 aromatic carbocycles. The van der Waals surface area contributed by atoms with Crippen LogP contribution in [0, 0.1) is 0 Å². The predicted molar refractivity (Wildman–Crippen MR) is 91.9 cm³/mol. The third kappa shape index (κ3) is 14.7. The van der Waals surface area contributed by atoms with Crippen molar-refractivity contribution < 1.29 is 22.9 Å². The maximum atomic E-state index is 12.0. The van der Waals surface area contributed by atoms with Crippen LogP contribution in [0.4, 0.5) is 0 Å². The van der Waals surface area contributed by atoms with Crippen molar-refractivity contribution in [2.24, 2.45) is 0 Å². The van der Waals surface area contributed by atoms with Gasteiger partial charge in [-0.15, -0.1) is 0 Å². The molecule has 0 radical (unpaired) electrons. The number of nitrogens with zero attached hydrogens (tertiary/aromatic N) is 1. The van der Waals surface area contributed by atoms with Gasteiger partial charge in [0, 0.05) is 19.5 Å². The van der Waals surface area contributed by atoms with E-state index in [9.17, 15) is 13.2 Å². The SMILES string of the molecule is CCCCCCCCCCCC(=O)N(CCO)CCS(=O)(=O)O. The third-order valence-corrected chi connectivity index (χ3v) is 4.53. The van der Waals surface area contributed by atoms with Gasteiger partial charge in [-0.25, -0.2) is 0 Å². The second-order valence-electron chi connectivity index (χ2n) is 5.97. The maximum absolute atomic E-state index is 12.0. The Balaban J connectivity index is 3.78. The van der Waals surface area contributed by atoms with Crippen LogP contribution in [0.2, 0.25) is 0 Å². The molecule has 0 aliphatic rings. The Morgan fingerprint density at radius 2 is 1.43 bits per heavy atom. The molecule has 0 spiro atoms. The fraction of sp³-hybridized carbons (Fsp3) is 0.938. The normalized spacial score (nSPS) is 11.6. The molecule has 0 fully saturated rings. The highest BCUT2D eigenvalue weighted by Gasteiger charge is 2.15. The first-order valence-electron chi connectivity index (χ1n) is 8.74. The molecule has 0 aliphatic carbocycles. The standard InChI is InChI=1S/C16H33NO5S/c1-2-3-4-5-6-7-8-9-10-11-16(19)17(12-14-18)13-15-23(20,21)22/h18H,2-15H2,1H3,(H,20,21,22). The largest absolute Gasteiger partial charge is 0.395 e. The first kappa shape index (κ1) is 22.3. The lowest BCUT2D eigenvalue weighted by atomic mass is 10.1. The molecule has 0 rings (SSSR count). The Hall–Kier alpha value is -0.660. The van der Waals surface area contributed by atoms with Gasteiger partial charge in [0.15, 0.2) is 0 Å². The van der Waals surface area contributed by atoms with Crippen molar-refractivity contribution in [2.75, 3.05) is 25.4 Å². The number of amides is 1. The lowest BCUT2D eigenvalue weighted by Crippen LogP contribution is -2.37. The minimum absolute atomic E-state index is 0.0738. The molecule has 0 aliphatic heterocycles. The van der Waals surface area contributed by atoms with E-state index >= 15 is 0 Å². The Labute approximate surface area is 141 Å². The monoisotopic (exact) mass is 351 g/mol. The first-order chi connectivity index (χ1) is 10.9. The van der Waals surface area contributed by atoms with E-state index in [-0.39, 0.29) is 25.6 Å². The van der Waals surface area contributed by atoms with Crippen LogP contribution in [-0.2, 0) is 14.9 Å². The van der Waals surface area contributed by atoms with Gasteiger partial charge in [-0.2, -0.15) is 8.42 Å². The molecule has 0 aromatic heterocycles. The van der Waals surface area contributed by atoms with Crippen molar-refractivity contribution in [1.82, 2.24) is 4.90 Å². The number of aliphatic hydroxyl groups excluding tert-OH is 1. The van der Waals surface area contributed by atoms with Crippen LogP contribution in [0.15, 0.2) is 0 Å². The van der Waals surface area contributed by atoms with Gasteiger partial charge in [0.1, 0.15) is 0 Å². The maximum Gasteiger partial charge on any atom is 0.266 e. The van der Waals surface area contributed by atoms with Crippen LogP contribution >= 0.6 is 0 Å². The van der Waals surface area contributed by atoms with Crippen LogP contribution in [0.25, 0.3) is 0 Å². The summed E-state index contributed by atoms with van der Waals surface area (Å²) in [6.07, 6.45) is 10.8. The number of unbranched alkanes of at least 4 members (excludes halogenated alkanes) is 8. The summed E-state index contributed by atoms with van der Waals surface area (Å²) in [6, 6.07) is 0. The minimum Gasteiger partial charge on any atom is -0.395 e. The smallest absolute Gasteiger partial charge is 0.266 e. The van der Waals surface area contributed by atoms with E-state index < -0.39 is 15.9 Å². The van der Waals surface area contributed by atoms with Crippen LogP contribution in [-0.4, -0.2) is 54.3 Å². The van der Waals surface area contributed by atoms with Crippen molar-refractivity contribution in [2.45, 2.75) is 71.1 Å². The quantitative estimate of drug-likeness (QED) is 0.349. The average molecular weight is 352 g/mol. The highest BCUT2D eigenvalue weighted by atomic mass is 32.2. The van der Waals surface area contributed by atoms with Crippen molar-refractivity contribution in [1.29, 1.82) is 0 Å². The van der Waals surface area contributed by atoms with Crippen molar-refractivity contribution in [3.8, 4) is 0 Å². The third-order valence-electron chi connectivity index (χ3n) is 3.84. The molecular weight excluding hydrogens is 318 g/mol. The van der Waals surface area contributed by atoms with Crippen LogP contribution in [0.3, 0.4) is 0 Å². The fourth-order valence-electron chi connectivity index (χ4n) is 2.45. The van der Waals surface area contributed by atoms with Gasteiger partial charge >= 0.3 is 0 Å². The van der Waals surface area contributed by atoms with Gasteiger partial charge < -0.3 is 10.0 Å². The van der Waals surface area contributed by atoms with Crippen molar-refractivity contribution in [3.63, 3.8) is 0 Å². The van der Waals surface area contributed by atoms with Gasteiger partial charge in [0.25, 0.3) is 10.1 Å². The van der Waals surface area contributed by atoms with E-state index in [1.807, 2.05) is 0 Å². The molecular formula is C16H33NO5S. The van der Waals surface area contributed by atoms with Gasteiger partial charge in [-0.05, 0) is 6.42 Å². The number of hydrogen-bond donors (Lipinski definition) is 2. The summed E-state index contributed by atoms with van der Waals surface area (Å²) < 4.78 is 30.2. The molecule has 0 saturated carbocycles. The molecule has 0 aromatic rings. The summed E-state index contributed by atoms with van der Waals surface area (Å²) in [5.41, 5.74) is 0. The molecule has 138 valence electrons. The molecule has 0 unspecified atom stereocenters. The Morgan fingerprint density at radius 3 is 1.91 bits per heavy atom. The molecule has 2 N–H and O–H groups in total. The topological polar surface area (TPSA) is 94.9 Å². The van der Waals surface area contributed by atoms with E-state index in [0.717, 1.165) is 19.3 Å². The minimum atomic E-state index is -4.09. The zero-order chi connectivity index (χ0) is 17.6. The number of carbonyl (C=O) groups excluding carboxylic acids is 1. The summed E-state index contributed by atoms with van der Waals surface area (Å²) in [5.74, 6) is -0.651. The molecule has 1 amide bonds. The zero-order valence-electron chi connectivity index (χ0n) is 14.4. The Morgan fingerprint density at radius 1 is 0.913 bits per heavy atom. The lowest BCUT2D eigenvalue weighted by Gasteiger charge is -2.21. The number of aliphatic hydroxyl groups is 1. The average Bonchev–Trinajstić information content (AvgIpc) is 2.48. The van der Waals surface area contributed by atoms with E-state index in [1.165, 1.54) is 43.4 Å². The van der Waals surface area contributed by atoms with Crippen LogP contribution in [0.5, 0.6) is 0 Å². The van der Waals surface area contributed by atoms with E-state index in [4.69, 9.17) is 9.66 Å². The van der Waals surface area contributed by atoms with E-state index in [1.54, 1.807) is 0 Å². The van der Waals surface area contributed by atoms with E-state index in [0.29, 0.717) is 6.42 Å². The second kappa shape index (κ2) is 13.7. The fourth-order valence-corrected chi connectivity index (χ4v) is 2.90. The summed E-state index contributed by atoms with van der Waals surface area (Å²) in [7, 11) is -4.09. The summed E-state index contributed by atoms with van der Waals surface area (Å²) in [4.78, 5) is 13.3. The van der Waals surface area contributed by atoms with Gasteiger partial charge in [0.05, 0.1) is 12.4 Å². The van der Waals surface area contributed by atoms with Gasteiger partial charge in [-0.3, -0.25) is 9.35 Å². The van der Waals surface area contributed by atoms with Crippen LogP contribution < -0.4 is 0 Å². The van der Waals surface area contributed by atoms with Crippen LogP contribution in [0.1, 0.15) is 71.1 Å². The second-order valence-corrected chi connectivity index (χ2v) is 7.54. The van der Waals surface area contributed by atoms with Crippen molar-refractivity contribution in [3.05, 3.63) is 0 Å². The Kier molecular flexibility index (Phi) is 13.4. The number of hydrogen-bond acceptors (Lipinski definition) is 4. The number of rotatable bonds is 15. The molecule has 0 atom stereocenters. The first-order valence-corrected chi connectivity index (χ1v) is 10.4. The summed E-state index contributed by atoms with van der Waals surface area (Å²) >= 11 is 0. The molecule has 0 bridgehead atoms. The van der Waals surface area contributed by atoms with Gasteiger partial charge in [0.2, 0.25) is 5.91 Å². The van der Waals surface area contributed by atoms with Gasteiger partial charge in [-0.1, -0.05) is 58.3 Å². The highest BCUT2D eigenvalue weighted by Crippen LogP contribution is 2.11. The zero-order valence-corrected chi connectivity index (χ0v) is 15.2. The molecule has 23 heavy (non-hydrogen) atoms.